The van der Waals surface area contributed by atoms with Crippen LogP contribution in [0, 0.1) is 11.8 Å². The highest BCUT2D eigenvalue weighted by molar-refractivity contribution is 4.70. The molecule has 0 radical (unpaired) electrons. The Balaban J connectivity index is 3.73. The SMILES string of the molecule is CCCCCCCCCCC(CCCCCC)C(O)CCCCCCCCCCCCCCCC(C)C. The van der Waals surface area contributed by atoms with Crippen molar-refractivity contribution >= 4 is 0 Å². The summed E-state index contributed by atoms with van der Waals surface area (Å²) in [6.07, 6.45) is 39.8. The third-order valence-corrected chi connectivity index (χ3v) is 8.68. The van der Waals surface area contributed by atoms with Crippen molar-refractivity contribution < 1.29 is 5.11 Å². The monoisotopic (exact) mass is 523 g/mol. The van der Waals surface area contributed by atoms with Crippen LogP contribution in [0.25, 0.3) is 0 Å². The van der Waals surface area contributed by atoms with Gasteiger partial charge in [-0.25, -0.2) is 0 Å². The minimum Gasteiger partial charge on any atom is -0.393 e. The molecule has 0 saturated carbocycles. The molecule has 0 heterocycles. The Kier molecular flexibility index (Phi) is 30.5. The van der Waals surface area contributed by atoms with Crippen molar-refractivity contribution in [2.75, 3.05) is 0 Å². The van der Waals surface area contributed by atoms with Crippen LogP contribution in [0.3, 0.4) is 0 Å². The van der Waals surface area contributed by atoms with Crippen molar-refractivity contribution in [2.45, 2.75) is 220 Å². The molecule has 0 saturated heterocycles. The Labute approximate surface area is 236 Å². The number of hydrogen-bond donors (Lipinski definition) is 1. The van der Waals surface area contributed by atoms with Crippen molar-refractivity contribution in [3.63, 3.8) is 0 Å². The van der Waals surface area contributed by atoms with Crippen LogP contribution in [0.4, 0.5) is 0 Å². The van der Waals surface area contributed by atoms with E-state index in [0.29, 0.717) is 5.92 Å². The van der Waals surface area contributed by atoms with Gasteiger partial charge >= 0.3 is 0 Å². The molecule has 0 fully saturated rings. The fraction of sp³-hybridized carbons (Fsp3) is 1.00. The highest BCUT2D eigenvalue weighted by Crippen LogP contribution is 2.25. The molecule has 0 amide bonds. The van der Waals surface area contributed by atoms with Crippen LogP contribution in [0.5, 0.6) is 0 Å². The summed E-state index contributed by atoms with van der Waals surface area (Å²) in [5.74, 6) is 1.44. The van der Waals surface area contributed by atoms with Crippen LogP contribution in [0.1, 0.15) is 214 Å². The van der Waals surface area contributed by atoms with Gasteiger partial charge < -0.3 is 5.11 Å². The van der Waals surface area contributed by atoms with Crippen LogP contribution in [-0.2, 0) is 0 Å². The topological polar surface area (TPSA) is 20.2 Å². The summed E-state index contributed by atoms with van der Waals surface area (Å²) < 4.78 is 0. The maximum absolute atomic E-state index is 11.0. The van der Waals surface area contributed by atoms with Gasteiger partial charge in [-0.05, 0) is 31.1 Å². The van der Waals surface area contributed by atoms with Gasteiger partial charge in [-0.3, -0.25) is 0 Å². The maximum atomic E-state index is 11.0. The van der Waals surface area contributed by atoms with E-state index in [1.165, 1.54) is 180 Å². The van der Waals surface area contributed by atoms with E-state index in [0.717, 1.165) is 12.3 Å². The van der Waals surface area contributed by atoms with E-state index in [-0.39, 0.29) is 6.10 Å². The van der Waals surface area contributed by atoms with Crippen LogP contribution >= 0.6 is 0 Å². The second-order valence-corrected chi connectivity index (χ2v) is 13.0. The number of hydrogen-bond acceptors (Lipinski definition) is 1. The fourth-order valence-corrected chi connectivity index (χ4v) is 5.99. The van der Waals surface area contributed by atoms with Crippen LogP contribution in [0.2, 0.25) is 0 Å². The summed E-state index contributed by atoms with van der Waals surface area (Å²) in [6.45, 7) is 9.28. The first-order valence-corrected chi connectivity index (χ1v) is 17.8. The van der Waals surface area contributed by atoms with Gasteiger partial charge in [-0.2, -0.15) is 0 Å². The average Bonchev–Trinajstić information content (AvgIpc) is 2.88. The van der Waals surface area contributed by atoms with Crippen molar-refractivity contribution in [1.82, 2.24) is 0 Å². The van der Waals surface area contributed by atoms with E-state index in [1.807, 2.05) is 0 Å². The van der Waals surface area contributed by atoms with Crippen molar-refractivity contribution in [1.29, 1.82) is 0 Å². The van der Waals surface area contributed by atoms with Gasteiger partial charge in [0.2, 0.25) is 0 Å². The second kappa shape index (κ2) is 30.5. The van der Waals surface area contributed by atoms with E-state index in [2.05, 4.69) is 27.7 Å². The van der Waals surface area contributed by atoms with Gasteiger partial charge in [0, 0.05) is 0 Å². The first-order chi connectivity index (χ1) is 18.1. The molecule has 0 aromatic carbocycles. The molecule has 0 aliphatic rings. The lowest BCUT2D eigenvalue weighted by Gasteiger charge is -2.23. The standard InChI is InChI=1S/C36H74O/c1-5-7-9-11-12-21-24-28-32-35(31-27-10-8-6-2)36(37)33-29-25-22-19-17-15-13-14-16-18-20-23-26-30-34(3)4/h34-37H,5-33H2,1-4H3. The zero-order chi connectivity index (χ0) is 27.2. The molecular weight excluding hydrogens is 448 g/mol. The van der Waals surface area contributed by atoms with E-state index in [1.54, 1.807) is 0 Å². The largest absolute Gasteiger partial charge is 0.393 e. The molecule has 1 N–H and O–H groups in total. The third kappa shape index (κ3) is 28.8. The molecule has 0 aromatic heterocycles. The highest BCUT2D eigenvalue weighted by atomic mass is 16.3. The van der Waals surface area contributed by atoms with E-state index < -0.39 is 0 Å². The van der Waals surface area contributed by atoms with Crippen molar-refractivity contribution in [2.24, 2.45) is 11.8 Å². The maximum Gasteiger partial charge on any atom is 0.0568 e. The molecule has 0 aliphatic heterocycles. The number of unbranched alkanes of at least 4 members (excludes halogenated alkanes) is 22. The van der Waals surface area contributed by atoms with E-state index >= 15 is 0 Å². The Morgan fingerprint density at radius 1 is 0.351 bits per heavy atom. The minimum atomic E-state index is -0.0449. The van der Waals surface area contributed by atoms with Gasteiger partial charge in [0.25, 0.3) is 0 Å². The molecule has 0 spiro atoms. The summed E-state index contributed by atoms with van der Waals surface area (Å²) in [4.78, 5) is 0. The highest BCUT2D eigenvalue weighted by Gasteiger charge is 2.18. The van der Waals surface area contributed by atoms with Crippen molar-refractivity contribution in [3.8, 4) is 0 Å². The zero-order valence-corrected chi connectivity index (χ0v) is 26.7. The van der Waals surface area contributed by atoms with E-state index in [4.69, 9.17) is 0 Å². The average molecular weight is 523 g/mol. The molecule has 0 aliphatic carbocycles. The molecule has 0 aromatic rings. The summed E-state index contributed by atoms with van der Waals surface area (Å²) in [7, 11) is 0. The molecule has 224 valence electrons. The summed E-state index contributed by atoms with van der Waals surface area (Å²) in [5, 5.41) is 11.0. The minimum absolute atomic E-state index is 0.0449. The fourth-order valence-electron chi connectivity index (χ4n) is 5.99. The number of aliphatic hydroxyl groups is 1. The Morgan fingerprint density at radius 3 is 0.973 bits per heavy atom. The lowest BCUT2D eigenvalue weighted by Crippen LogP contribution is -2.20. The lowest BCUT2D eigenvalue weighted by atomic mass is 9.87. The predicted octanol–water partition coefficient (Wildman–Crippen LogP) is 13.0. The van der Waals surface area contributed by atoms with Crippen molar-refractivity contribution in [3.05, 3.63) is 0 Å². The Hall–Kier alpha value is -0.0400. The Morgan fingerprint density at radius 2 is 0.622 bits per heavy atom. The molecule has 2 unspecified atom stereocenters. The van der Waals surface area contributed by atoms with Gasteiger partial charge in [-0.1, -0.05) is 195 Å². The quantitative estimate of drug-likeness (QED) is 0.0897. The molecule has 1 heteroatoms. The molecular formula is C36H74O. The molecule has 0 bridgehead atoms. The second-order valence-electron chi connectivity index (χ2n) is 13.0. The first-order valence-electron chi connectivity index (χ1n) is 17.8. The predicted molar refractivity (Wildman–Crippen MR) is 170 cm³/mol. The summed E-state index contributed by atoms with van der Waals surface area (Å²) in [6, 6.07) is 0. The third-order valence-electron chi connectivity index (χ3n) is 8.68. The zero-order valence-electron chi connectivity index (χ0n) is 26.7. The summed E-state index contributed by atoms with van der Waals surface area (Å²) in [5.41, 5.74) is 0. The molecule has 2 atom stereocenters. The van der Waals surface area contributed by atoms with Gasteiger partial charge in [-0.15, -0.1) is 0 Å². The first kappa shape index (κ1) is 37.0. The molecule has 1 nitrogen and oxygen atoms in total. The number of rotatable bonds is 31. The molecule has 0 rings (SSSR count). The van der Waals surface area contributed by atoms with Gasteiger partial charge in [0.1, 0.15) is 0 Å². The van der Waals surface area contributed by atoms with Crippen LogP contribution in [0.15, 0.2) is 0 Å². The smallest absolute Gasteiger partial charge is 0.0568 e. The Bertz CT molecular complexity index is 403. The van der Waals surface area contributed by atoms with Crippen LogP contribution < -0.4 is 0 Å². The normalized spacial score (nSPS) is 13.5. The number of aliphatic hydroxyl groups excluding tert-OH is 1. The van der Waals surface area contributed by atoms with E-state index in [9.17, 15) is 5.11 Å². The van der Waals surface area contributed by atoms with Gasteiger partial charge in [0.15, 0.2) is 0 Å². The molecule has 37 heavy (non-hydrogen) atoms. The lowest BCUT2D eigenvalue weighted by molar-refractivity contribution is 0.0830. The summed E-state index contributed by atoms with van der Waals surface area (Å²) >= 11 is 0. The van der Waals surface area contributed by atoms with Crippen LogP contribution in [-0.4, -0.2) is 11.2 Å². The van der Waals surface area contributed by atoms with Gasteiger partial charge in [0.05, 0.1) is 6.10 Å².